The fourth-order valence-electron chi connectivity index (χ4n) is 1.70. The first-order valence-corrected chi connectivity index (χ1v) is 7.22. The Balaban J connectivity index is 2.13. The van der Waals surface area contributed by atoms with Crippen molar-refractivity contribution in [1.82, 2.24) is 5.32 Å². The minimum absolute atomic E-state index is 0.0505. The van der Waals surface area contributed by atoms with E-state index in [1.807, 2.05) is 6.92 Å². The standard InChI is InChI=1S/C15H20ClNO4/c1-11(2-7-15(19)20)8-9-17-14(18)10-21-13-5-3-12(16)4-6-13/h3-6,11H,2,7-10H2,1H3,(H,17,18)(H,19,20). The summed E-state index contributed by atoms with van der Waals surface area (Å²) in [4.78, 5) is 22.0. The fourth-order valence-corrected chi connectivity index (χ4v) is 1.83. The Hall–Kier alpha value is -1.75. The molecule has 0 aromatic heterocycles. The van der Waals surface area contributed by atoms with Gasteiger partial charge in [0.15, 0.2) is 6.61 Å². The lowest BCUT2D eigenvalue weighted by atomic mass is 10.0. The molecule has 0 radical (unpaired) electrons. The maximum absolute atomic E-state index is 11.6. The number of aliphatic carboxylic acids is 1. The third kappa shape index (κ3) is 8.19. The van der Waals surface area contributed by atoms with Gasteiger partial charge in [-0.15, -0.1) is 0 Å². The molecule has 21 heavy (non-hydrogen) atoms. The molecule has 0 aliphatic rings. The topological polar surface area (TPSA) is 75.6 Å². The Morgan fingerprint density at radius 1 is 1.29 bits per heavy atom. The summed E-state index contributed by atoms with van der Waals surface area (Å²) < 4.78 is 5.31. The lowest BCUT2D eigenvalue weighted by Crippen LogP contribution is -2.30. The van der Waals surface area contributed by atoms with Crippen molar-refractivity contribution in [3.63, 3.8) is 0 Å². The van der Waals surface area contributed by atoms with Crippen LogP contribution in [0.5, 0.6) is 5.75 Å². The van der Waals surface area contributed by atoms with Crippen LogP contribution in [-0.4, -0.2) is 30.1 Å². The quantitative estimate of drug-likeness (QED) is 0.735. The molecule has 1 amide bonds. The van der Waals surface area contributed by atoms with E-state index in [0.29, 0.717) is 23.7 Å². The van der Waals surface area contributed by atoms with Crippen LogP contribution in [0.3, 0.4) is 0 Å². The lowest BCUT2D eigenvalue weighted by Gasteiger charge is -2.11. The van der Waals surface area contributed by atoms with E-state index in [1.54, 1.807) is 24.3 Å². The molecule has 1 unspecified atom stereocenters. The van der Waals surface area contributed by atoms with Crippen molar-refractivity contribution in [3.05, 3.63) is 29.3 Å². The van der Waals surface area contributed by atoms with Crippen molar-refractivity contribution >= 4 is 23.5 Å². The van der Waals surface area contributed by atoms with Crippen LogP contribution >= 0.6 is 11.6 Å². The van der Waals surface area contributed by atoms with Crippen LogP contribution in [-0.2, 0) is 9.59 Å². The second-order valence-corrected chi connectivity index (χ2v) is 5.36. The van der Waals surface area contributed by atoms with Crippen molar-refractivity contribution < 1.29 is 19.4 Å². The van der Waals surface area contributed by atoms with Crippen LogP contribution in [0.25, 0.3) is 0 Å². The highest BCUT2D eigenvalue weighted by molar-refractivity contribution is 6.30. The summed E-state index contributed by atoms with van der Waals surface area (Å²) >= 11 is 5.75. The molecule has 116 valence electrons. The van der Waals surface area contributed by atoms with E-state index in [-0.39, 0.29) is 24.9 Å². The number of halogens is 1. The molecule has 0 heterocycles. The Morgan fingerprint density at radius 3 is 2.57 bits per heavy atom. The molecule has 0 saturated carbocycles. The molecule has 6 heteroatoms. The van der Waals surface area contributed by atoms with Crippen molar-refractivity contribution in [2.75, 3.05) is 13.2 Å². The Morgan fingerprint density at radius 2 is 1.95 bits per heavy atom. The highest BCUT2D eigenvalue weighted by Crippen LogP contribution is 2.15. The SMILES string of the molecule is CC(CCNC(=O)COc1ccc(Cl)cc1)CCC(=O)O. The monoisotopic (exact) mass is 313 g/mol. The van der Waals surface area contributed by atoms with E-state index in [9.17, 15) is 9.59 Å². The third-order valence-electron chi connectivity index (χ3n) is 2.99. The predicted octanol–water partition coefficient (Wildman–Crippen LogP) is 2.73. The van der Waals surface area contributed by atoms with Crippen molar-refractivity contribution in [3.8, 4) is 5.75 Å². The Kier molecular flexibility index (Phi) is 7.61. The summed E-state index contributed by atoms with van der Waals surface area (Å²) in [7, 11) is 0. The number of carboxylic acids is 1. The minimum Gasteiger partial charge on any atom is -0.484 e. The molecular weight excluding hydrogens is 294 g/mol. The summed E-state index contributed by atoms with van der Waals surface area (Å²) in [6.45, 7) is 2.44. The van der Waals surface area contributed by atoms with E-state index in [1.165, 1.54) is 0 Å². The number of carboxylic acid groups (broad SMARTS) is 1. The zero-order chi connectivity index (χ0) is 15.7. The van der Waals surface area contributed by atoms with Gasteiger partial charge in [0.1, 0.15) is 5.75 Å². The highest BCUT2D eigenvalue weighted by Gasteiger charge is 2.07. The summed E-state index contributed by atoms with van der Waals surface area (Å²) in [6.07, 6.45) is 1.53. The molecule has 0 bridgehead atoms. The molecule has 1 aromatic rings. The zero-order valence-electron chi connectivity index (χ0n) is 12.0. The van der Waals surface area contributed by atoms with E-state index in [0.717, 1.165) is 6.42 Å². The third-order valence-corrected chi connectivity index (χ3v) is 3.25. The second-order valence-electron chi connectivity index (χ2n) is 4.92. The van der Waals surface area contributed by atoms with Crippen LogP contribution in [0.2, 0.25) is 5.02 Å². The molecule has 1 atom stereocenters. The number of benzene rings is 1. The van der Waals surface area contributed by atoms with Gasteiger partial charge in [0.2, 0.25) is 0 Å². The number of carbonyl (C=O) groups excluding carboxylic acids is 1. The number of hydrogen-bond donors (Lipinski definition) is 2. The van der Waals surface area contributed by atoms with Crippen molar-refractivity contribution in [2.24, 2.45) is 5.92 Å². The van der Waals surface area contributed by atoms with Gasteiger partial charge in [-0.05, 0) is 43.0 Å². The number of rotatable bonds is 9. The fraction of sp³-hybridized carbons (Fsp3) is 0.467. The van der Waals surface area contributed by atoms with E-state index < -0.39 is 5.97 Å². The smallest absolute Gasteiger partial charge is 0.303 e. The van der Waals surface area contributed by atoms with Gasteiger partial charge in [0.25, 0.3) is 5.91 Å². The minimum atomic E-state index is -0.790. The molecule has 0 aliphatic heterocycles. The first-order chi connectivity index (χ1) is 9.97. The molecule has 0 fully saturated rings. The maximum atomic E-state index is 11.6. The van der Waals surface area contributed by atoms with Gasteiger partial charge < -0.3 is 15.2 Å². The van der Waals surface area contributed by atoms with Gasteiger partial charge in [-0.3, -0.25) is 9.59 Å². The number of hydrogen-bond acceptors (Lipinski definition) is 3. The number of nitrogens with one attached hydrogen (secondary N) is 1. The summed E-state index contributed by atoms with van der Waals surface area (Å²) in [5, 5.41) is 11.9. The molecular formula is C15H20ClNO4. The summed E-state index contributed by atoms with van der Waals surface area (Å²) in [5.41, 5.74) is 0. The molecule has 2 N–H and O–H groups in total. The van der Waals surface area contributed by atoms with Gasteiger partial charge in [-0.25, -0.2) is 0 Å². The Labute approximate surface area is 129 Å². The molecule has 0 aliphatic carbocycles. The largest absolute Gasteiger partial charge is 0.484 e. The Bertz CT molecular complexity index is 461. The van der Waals surface area contributed by atoms with Crippen LogP contribution in [0.1, 0.15) is 26.2 Å². The van der Waals surface area contributed by atoms with E-state index >= 15 is 0 Å². The average Bonchev–Trinajstić information content (AvgIpc) is 2.44. The number of carbonyl (C=O) groups is 2. The molecule has 0 spiro atoms. The predicted molar refractivity (Wildman–Crippen MR) is 80.6 cm³/mol. The summed E-state index contributed by atoms with van der Waals surface area (Å²) in [6, 6.07) is 6.78. The number of ether oxygens (including phenoxy) is 1. The van der Waals surface area contributed by atoms with E-state index in [4.69, 9.17) is 21.4 Å². The van der Waals surface area contributed by atoms with Gasteiger partial charge in [0, 0.05) is 18.0 Å². The van der Waals surface area contributed by atoms with Crippen molar-refractivity contribution in [2.45, 2.75) is 26.2 Å². The van der Waals surface area contributed by atoms with E-state index in [2.05, 4.69) is 5.32 Å². The van der Waals surface area contributed by atoms with Crippen LogP contribution < -0.4 is 10.1 Å². The zero-order valence-corrected chi connectivity index (χ0v) is 12.7. The summed E-state index contributed by atoms with van der Waals surface area (Å²) in [5.74, 6) is -0.138. The van der Waals surface area contributed by atoms with Crippen LogP contribution in [0, 0.1) is 5.92 Å². The van der Waals surface area contributed by atoms with Gasteiger partial charge in [-0.2, -0.15) is 0 Å². The van der Waals surface area contributed by atoms with Crippen molar-refractivity contribution in [1.29, 1.82) is 0 Å². The average molecular weight is 314 g/mol. The normalized spacial score (nSPS) is 11.7. The van der Waals surface area contributed by atoms with Crippen LogP contribution in [0.15, 0.2) is 24.3 Å². The van der Waals surface area contributed by atoms with Gasteiger partial charge in [0.05, 0.1) is 0 Å². The molecule has 1 aromatic carbocycles. The second kappa shape index (κ2) is 9.23. The first kappa shape index (κ1) is 17.3. The number of amides is 1. The lowest BCUT2D eigenvalue weighted by molar-refractivity contribution is -0.137. The molecule has 0 saturated heterocycles. The van der Waals surface area contributed by atoms with Gasteiger partial charge in [-0.1, -0.05) is 18.5 Å². The molecule has 5 nitrogen and oxygen atoms in total. The van der Waals surface area contributed by atoms with Crippen LogP contribution in [0.4, 0.5) is 0 Å². The highest BCUT2D eigenvalue weighted by atomic mass is 35.5. The molecule has 1 rings (SSSR count). The van der Waals surface area contributed by atoms with Gasteiger partial charge >= 0.3 is 5.97 Å². The maximum Gasteiger partial charge on any atom is 0.303 e. The first-order valence-electron chi connectivity index (χ1n) is 6.84.